The molecule has 2 heterocycles. The Hall–Kier alpha value is -6.94. The van der Waals surface area contributed by atoms with Gasteiger partial charge in [0.15, 0.2) is 0 Å². The van der Waals surface area contributed by atoms with Crippen LogP contribution >= 0.6 is 0 Å². The maximum absolute atomic E-state index is 10.1. The van der Waals surface area contributed by atoms with E-state index in [9.17, 15) is 39.6 Å². The molecule has 310 valence electrons. The van der Waals surface area contributed by atoms with Gasteiger partial charge < -0.3 is 39.6 Å². The van der Waals surface area contributed by atoms with Crippen molar-refractivity contribution in [2.45, 2.75) is 13.8 Å². The monoisotopic (exact) mass is 896 g/mol. The Morgan fingerprint density at radius 2 is 0.600 bits per heavy atom. The molecular formula is C48H38Cu2N2O8. The van der Waals surface area contributed by atoms with E-state index in [-0.39, 0.29) is 56.4 Å². The van der Waals surface area contributed by atoms with Crippen molar-refractivity contribution in [3.63, 3.8) is 0 Å². The first-order chi connectivity index (χ1) is 27.9. The smallest absolute Gasteiger partial charge is 0.545 e. The summed E-state index contributed by atoms with van der Waals surface area (Å²) >= 11 is 0. The largest absolute Gasteiger partial charge is 2.00 e. The molecule has 0 unspecified atom stereocenters. The molecule has 0 aliphatic rings. The molecule has 10 nitrogen and oxygen atoms in total. The molecule has 0 bridgehead atoms. The number of hydrogen-bond acceptors (Lipinski definition) is 10. The maximum Gasteiger partial charge on any atom is 2.00 e. The molecule has 0 saturated carbocycles. The van der Waals surface area contributed by atoms with Gasteiger partial charge in [-0.05, 0) is 72.5 Å². The summed E-state index contributed by atoms with van der Waals surface area (Å²) in [7, 11) is 0. The molecule has 2 aromatic heterocycles. The number of pyridine rings is 2. The van der Waals surface area contributed by atoms with Crippen molar-refractivity contribution < 1.29 is 73.7 Å². The molecular weight excluding hydrogens is 860 g/mol. The Labute approximate surface area is 369 Å². The number of fused-ring (bicyclic) bond motifs is 2. The summed E-state index contributed by atoms with van der Waals surface area (Å²) in [5.41, 5.74) is 5.58. The Kier molecular flexibility index (Phi) is 24.2. The third-order valence-electron chi connectivity index (χ3n) is 7.55. The van der Waals surface area contributed by atoms with E-state index < -0.39 is 23.9 Å². The molecule has 60 heavy (non-hydrogen) atoms. The number of benzene rings is 6. The summed E-state index contributed by atoms with van der Waals surface area (Å²) in [6, 6.07) is 52.9. The van der Waals surface area contributed by atoms with Crippen molar-refractivity contribution in [3.8, 4) is 0 Å². The van der Waals surface area contributed by atoms with Crippen LogP contribution in [-0.4, -0.2) is 33.8 Å². The molecule has 8 aromatic rings. The second-order valence-electron chi connectivity index (χ2n) is 12.0. The number of aromatic nitrogens is 2. The van der Waals surface area contributed by atoms with Gasteiger partial charge in [0.2, 0.25) is 0 Å². The average molecular weight is 898 g/mol. The van der Waals surface area contributed by atoms with Crippen LogP contribution < -0.4 is 20.4 Å². The normalized spacial score (nSPS) is 9.10. The fraction of sp³-hybridized carbons (Fsp3) is 0.0417. The molecule has 0 fully saturated rings. The van der Waals surface area contributed by atoms with Gasteiger partial charge in [0.25, 0.3) is 0 Å². The molecule has 0 aliphatic heterocycles. The minimum absolute atomic E-state index is 0. The molecule has 0 spiro atoms. The van der Waals surface area contributed by atoms with E-state index in [0.717, 1.165) is 11.0 Å². The first-order valence-corrected chi connectivity index (χ1v) is 17.6. The predicted molar refractivity (Wildman–Crippen MR) is 216 cm³/mol. The summed E-state index contributed by atoms with van der Waals surface area (Å²) in [4.78, 5) is 48.8. The Bertz CT molecular complexity index is 2220. The van der Waals surface area contributed by atoms with Gasteiger partial charge in [0, 0.05) is 23.2 Å². The molecule has 8 rings (SSSR count). The summed E-state index contributed by atoms with van der Waals surface area (Å²) in [6.45, 7) is 4.18. The minimum atomic E-state index is -1.13. The zero-order chi connectivity index (χ0) is 42.1. The van der Waals surface area contributed by atoms with E-state index in [1.807, 2.05) is 36.7 Å². The third-order valence-corrected chi connectivity index (χ3v) is 7.55. The summed E-state index contributed by atoms with van der Waals surface area (Å²) in [5.74, 6) is -4.52. The first-order valence-electron chi connectivity index (χ1n) is 17.6. The topological polar surface area (TPSA) is 186 Å². The van der Waals surface area contributed by atoms with E-state index in [2.05, 4.69) is 60.2 Å². The number of carboxylic acid groups (broad SMARTS) is 4. The second kappa shape index (κ2) is 28.5. The number of aryl methyl sites for hydroxylation is 2. The van der Waals surface area contributed by atoms with Gasteiger partial charge in [-0.2, -0.15) is 0 Å². The van der Waals surface area contributed by atoms with E-state index in [0.29, 0.717) is 0 Å². The molecule has 0 saturated heterocycles. The number of aromatic carboxylic acids is 4. The van der Waals surface area contributed by atoms with Crippen LogP contribution in [-0.2, 0) is 34.1 Å². The number of carbonyl (C=O) groups excluding carboxylic acids is 4. The molecule has 0 aliphatic carbocycles. The first kappa shape index (κ1) is 51.1. The summed E-state index contributed by atoms with van der Waals surface area (Å²) in [5, 5.41) is 42.8. The van der Waals surface area contributed by atoms with Crippen molar-refractivity contribution in [2.24, 2.45) is 0 Å². The minimum Gasteiger partial charge on any atom is -0.545 e. The van der Waals surface area contributed by atoms with Crippen molar-refractivity contribution in [1.29, 1.82) is 0 Å². The van der Waals surface area contributed by atoms with E-state index >= 15 is 0 Å². The molecule has 12 heteroatoms. The fourth-order valence-electron chi connectivity index (χ4n) is 4.69. The predicted octanol–water partition coefficient (Wildman–Crippen LogP) is 5.28. The van der Waals surface area contributed by atoms with Crippen LogP contribution in [0.15, 0.2) is 194 Å². The van der Waals surface area contributed by atoms with Crippen LogP contribution in [0.1, 0.15) is 52.6 Å². The van der Waals surface area contributed by atoms with Crippen molar-refractivity contribution in [1.82, 2.24) is 9.97 Å². The second-order valence-corrected chi connectivity index (χ2v) is 12.0. The van der Waals surface area contributed by atoms with E-state index in [1.54, 1.807) is 72.8 Å². The number of rotatable bonds is 4. The van der Waals surface area contributed by atoms with Crippen LogP contribution in [0, 0.1) is 13.8 Å². The fourth-order valence-corrected chi connectivity index (χ4v) is 4.69. The Morgan fingerprint density at radius 1 is 0.350 bits per heavy atom. The molecule has 2 radical (unpaired) electrons. The van der Waals surface area contributed by atoms with Crippen molar-refractivity contribution >= 4 is 45.7 Å². The molecule has 0 atom stereocenters. The van der Waals surface area contributed by atoms with Gasteiger partial charge in [0.05, 0.1) is 34.9 Å². The van der Waals surface area contributed by atoms with Crippen LogP contribution in [0.3, 0.4) is 0 Å². The van der Waals surface area contributed by atoms with Gasteiger partial charge in [0.1, 0.15) is 0 Å². The number of hydrogen-bond donors (Lipinski definition) is 0. The van der Waals surface area contributed by atoms with Crippen LogP contribution in [0.5, 0.6) is 0 Å². The standard InChI is InChI=1S/2C10H9N.4C7H6O2.2Cu/c2*1-8-4-5-10-9(7-8)3-2-6-11-10;4*8-7(9)6-4-2-1-3-5-6;;/h2*2-7H,1H3;4*1-5H,(H,8,9);;/q;;;;;;2*+2/p-4. The SMILES string of the molecule is Cc1ccc2ncccc2c1.Cc1ccc2ncccc2c1.O=C([O-])c1ccccc1.O=C([O-])c1ccccc1.O=C([O-])c1ccccc1.O=C([O-])c1ccccc1.[Cu+2].[Cu+2]. The quantitative estimate of drug-likeness (QED) is 0.211. The maximum atomic E-state index is 10.1. The van der Waals surface area contributed by atoms with Gasteiger partial charge in [-0.3, -0.25) is 9.97 Å². The molecule has 6 aromatic carbocycles. The Morgan fingerprint density at radius 3 is 0.817 bits per heavy atom. The van der Waals surface area contributed by atoms with Crippen LogP contribution in [0.2, 0.25) is 0 Å². The van der Waals surface area contributed by atoms with Gasteiger partial charge in [-0.25, -0.2) is 0 Å². The van der Waals surface area contributed by atoms with Gasteiger partial charge in [-0.1, -0.05) is 157 Å². The van der Waals surface area contributed by atoms with Crippen LogP contribution in [0.25, 0.3) is 21.8 Å². The number of nitrogens with zero attached hydrogens (tertiary/aromatic N) is 2. The van der Waals surface area contributed by atoms with Crippen molar-refractivity contribution in [2.75, 3.05) is 0 Å². The van der Waals surface area contributed by atoms with E-state index in [1.165, 1.54) is 70.4 Å². The molecule has 0 N–H and O–H groups in total. The molecule has 0 amide bonds. The van der Waals surface area contributed by atoms with Gasteiger partial charge in [-0.15, -0.1) is 0 Å². The summed E-state index contributed by atoms with van der Waals surface area (Å²) in [6.07, 6.45) is 3.63. The summed E-state index contributed by atoms with van der Waals surface area (Å²) < 4.78 is 0. The third kappa shape index (κ3) is 19.5. The van der Waals surface area contributed by atoms with E-state index in [4.69, 9.17) is 0 Å². The number of carbonyl (C=O) groups is 4. The number of carboxylic acids is 4. The zero-order valence-electron chi connectivity index (χ0n) is 32.2. The average Bonchev–Trinajstić information content (AvgIpc) is 3.26. The van der Waals surface area contributed by atoms with Crippen LogP contribution in [0.4, 0.5) is 0 Å². The Balaban J connectivity index is 0.000000359. The van der Waals surface area contributed by atoms with Crippen molar-refractivity contribution in [3.05, 3.63) is 228 Å². The van der Waals surface area contributed by atoms with Gasteiger partial charge >= 0.3 is 34.1 Å². The zero-order valence-corrected chi connectivity index (χ0v) is 34.1.